The summed E-state index contributed by atoms with van der Waals surface area (Å²) in [6, 6.07) is 12.8. The number of hydrogen-bond donors (Lipinski definition) is 2. The van der Waals surface area contributed by atoms with E-state index in [1.54, 1.807) is 0 Å². The summed E-state index contributed by atoms with van der Waals surface area (Å²) in [7, 11) is 0. The van der Waals surface area contributed by atoms with Crippen LogP contribution in [0.15, 0.2) is 46.8 Å². The summed E-state index contributed by atoms with van der Waals surface area (Å²) in [6.45, 7) is 8.55. The summed E-state index contributed by atoms with van der Waals surface area (Å²) in [4.78, 5) is 8.60. The first-order chi connectivity index (χ1) is 12.6. The third-order valence-electron chi connectivity index (χ3n) is 4.91. The molecule has 1 saturated heterocycles. The maximum atomic E-state index is 6.12. The molecule has 0 saturated carbocycles. The third kappa shape index (κ3) is 5.58. The standard InChI is InChI=1S/C21H30N4S/c1-16(2)18-7-3-8-19(12-18)24-21(22)23-13-17-6-4-10-25(14-17)15-20-9-5-11-26-20/h3,5,7-9,11-12,16-17H,4,6,10,13-15H2,1-2H3,(H3,22,23,24). The van der Waals surface area contributed by atoms with Crippen LogP contribution in [0.5, 0.6) is 0 Å². The first-order valence-electron chi connectivity index (χ1n) is 9.52. The zero-order valence-corrected chi connectivity index (χ0v) is 16.6. The molecule has 1 aromatic carbocycles. The van der Waals surface area contributed by atoms with Crippen LogP contribution in [0.4, 0.5) is 5.69 Å². The van der Waals surface area contributed by atoms with Crippen LogP contribution in [0.1, 0.15) is 43.0 Å². The van der Waals surface area contributed by atoms with Gasteiger partial charge in [-0.3, -0.25) is 9.89 Å². The van der Waals surface area contributed by atoms with Gasteiger partial charge in [-0.25, -0.2) is 0 Å². The number of nitrogens with zero attached hydrogens (tertiary/aromatic N) is 2. The quantitative estimate of drug-likeness (QED) is 0.581. The summed E-state index contributed by atoms with van der Waals surface area (Å²) in [5, 5.41) is 5.39. The second kappa shape index (κ2) is 9.19. The van der Waals surface area contributed by atoms with Crippen molar-refractivity contribution in [3.8, 4) is 0 Å². The number of anilines is 1. The fourth-order valence-corrected chi connectivity index (χ4v) is 4.20. The van der Waals surface area contributed by atoms with Crippen molar-refractivity contribution in [3.05, 3.63) is 52.2 Å². The number of rotatable bonds is 6. The van der Waals surface area contributed by atoms with E-state index in [4.69, 9.17) is 5.73 Å². The molecule has 0 amide bonds. The van der Waals surface area contributed by atoms with Crippen molar-refractivity contribution in [2.24, 2.45) is 16.6 Å². The van der Waals surface area contributed by atoms with E-state index in [-0.39, 0.29) is 0 Å². The molecule has 0 bridgehead atoms. The number of piperidine rings is 1. The van der Waals surface area contributed by atoms with Crippen molar-refractivity contribution < 1.29 is 0 Å². The monoisotopic (exact) mass is 370 g/mol. The Labute approximate surface area is 161 Å². The number of benzene rings is 1. The first kappa shape index (κ1) is 18.9. The number of likely N-dealkylation sites (tertiary alicyclic amines) is 1. The van der Waals surface area contributed by atoms with Crippen LogP contribution in [0, 0.1) is 5.92 Å². The molecule has 3 rings (SSSR count). The van der Waals surface area contributed by atoms with E-state index in [0.29, 0.717) is 17.8 Å². The molecule has 1 unspecified atom stereocenters. The molecule has 0 aliphatic carbocycles. The molecule has 1 aliphatic rings. The molecule has 1 atom stereocenters. The van der Waals surface area contributed by atoms with Gasteiger partial charge in [0.25, 0.3) is 0 Å². The SMILES string of the molecule is CC(C)c1cccc(NC(N)=NCC2CCCN(Cc3cccs3)C2)c1. The van der Waals surface area contributed by atoms with Crippen molar-refractivity contribution in [1.82, 2.24) is 4.90 Å². The molecule has 0 spiro atoms. The highest BCUT2D eigenvalue weighted by Crippen LogP contribution is 2.21. The van der Waals surface area contributed by atoms with Crippen molar-refractivity contribution in [2.45, 2.75) is 39.2 Å². The summed E-state index contributed by atoms with van der Waals surface area (Å²) in [5.41, 5.74) is 8.44. The predicted octanol–water partition coefficient (Wildman–Crippen LogP) is 4.51. The van der Waals surface area contributed by atoms with E-state index in [1.807, 2.05) is 17.4 Å². The third-order valence-corrected chi connectivity index (χ3v) is 5.77. The van der Waals surface area contributed by atoms with Gasteiger partial charge in [0.1, 0.15) is 0 Å². The Balaban J connectivity index is 1.51. The Hall–Kier alpha value is -1.85. The molecule has 5 heteroatoms. The van der Waals surface area contributed by atoms with Gasteiger partial charge in [-0.15, -0.1) is 11.3 Å². The van der Waals surface area contributed by atoms with E-state index in [9.17, 15) is 0 Å². The Morgan fingerprint density at radius 2 is 2.23 bits per heavy atom. The Bertz CT molecular complexity index is 709. The fourth-order valence-electron chi connectivity index (χ4n) is 3.46. The van der Waals surface area contributed by atoms with Gasteiger partial charge in [0.2, 0.25) is 0 Å². The largest absolute Gasteiger partial charge is 0.370 e. The molecule has 0 radical (unpaired) electrons. The van der Waals surface area contributed by atoms with Gasteiger partial charge in [-0.05, 0) is 60.4 Å². The van der Waals surface area contributed by atoms with Crippen molar-refractivity contribution in [3.63, 3.8) is 0 Å². The summed E-state index contributed by atoms with van der Waals surface area (Å²) < 4.78 is 0. The Morgan fingerprint density at radius 3 is 3.00 bits per heavy atom. The van der Waals surface area contributed by atoms with Crippen LogP contribution in [0.25, 0.3) is 0 Å². The highest BCUT2D eigenvalue weighted by atomic mass is 32.1. The highest BCUT2D eigenvalue weighted by Gasteiger charge is 2.20. The minimum absolute atomic E-state index is 0.506. The van der Waals surface area contributed by atoms with Gasteiger partial charge in [0.15, 0.2) is 5.96 Å². The van der Waals surface area contributed by atoms with E-state index >= 15 is 0 Å². The molecule has 1 aliphatic heterocycles. The fraction of sp³-hybridized carbons (Fsp3) is 0.476. The molecule has 1 fully saturated rings. The average Bonchev–Trinajstić information content (AvgIpc) is 3.13. The van der Waals surface area contributed by atoms with Crippen molar-refractivity contribution in [2.75, 3.05) is 25.0 Å². The Morgan fingerprint density at radius 1 is 1.35 bits per heavy atom. The summed E-state index contributed by atoms with van der Waals surface area (Å²) >= 11 is 1.84. The van der Waals surface area contributed by atoms with E-state index in [0.717, 1.165) is 25.3 Å². The normalized spacial score (nSPS) is 19.0. The summed E-state index contributed by atoms with van der Waals surface area (Å²) in [6.07, 6.45) is 2.48. The molecule has 140 valence electrons. The van der Waals surface area contributed by atoms with Gasteiger partial charge in [-0.2, -0.15) is 0 Å². The van der Waals surface area contributed by atoms with Crippen molar-refractivity contribution >= 4 is 23.0 Å². The van der Waals surface area contributed by atoms with E-state index in [1.165, 1.54) is 29.8 Å². The first-order valence-corrected chi connectivity index (χ1v) is 10.4. The number of hydrogen-bond acceptors (Lipinski definition) is 3. The van der Waals surface area contributed by atoms with Crippen LogP contribution >= 0.6 is 11.3 Å². The lowest BCUT2D eigenvalue weighted by molar-refractivity contribution is 0.172. The van der Waals surface area contributed by atoms with Gasteiger partial charge >= 0.3 is 0 Å². The van der Waals surface area contributed by atoms with Crippen LogP contribution in [0.3, 0.4) is 0 Å². The molecular weight excluding hydrogens is 340 g/mol. The molecule has 26 heavy (non-hydrogen) atoms. The lowest BCUT2D eigenvalue weighted by Gasteiger charge is -2.31. The number of nitrogens with two attached hydrogens (primary N) is 1. The second-order valence-electron chi connectivity index (χ2n) is 7.45. The number of thiophene rings is 1. The van der Waals surface area contributed by atoms with Crippen molar-refractivity contribution in [1.29, 1.82) is 0 Å². The van der Waals surface area contributed by atoms with Crippen LogP contribution in [-0.2, 0) is 6.54 Å². The molecule has 2 aromatic rings. The highest BCUT2D eigenvalue weighted by molar-refractivity contribution is 7.09. The molecule has 1 aromatic heterocycles. The lowest BCUT2D eigenvalue weighted by atomic mass is 9.98. The van der Waals surface area contributed by atoms with Gasteiger partial charge < -0.3 is 11.1 Å². The van der Waals surface area contributed by atoms with Gasteiger partial charge in [0, 0.05) is 30.2 Å². The molecular formula is C21H30N4S. The smallest absolute Gasteiger partial charge is 0.193 e. The van der Waals surface area contributed by atoms with Gasteiger partial charge in [-0.1, -0.05) is 32.0 Å². The minimum atomic E-state index is 0.506. The Kier molecular flexibility index (Phi) is 6.69. The van der Waals surface area contributed by atoms with E-state index in [2.05, 4.69) is 64.8 Å². The minimum Gasteiger partial charge on any atom is -0.370 e. The van der Waals surface area contributed by atoms with Crippen LogP contribution in [0.2, 0.25) is 0 Å². The average molecular weight is 371 g/mol. The molecule has 2 heterocycles. The second-order valence-corrected chi connectivity index (χ2v) is 8.49. The molecule has 4 nitrogen and oxygen atoms in total. The maximum absolute atomic E-state index is 6.12. The van der Waals surface area contributed by atoms with Crippen LogP contribution < -0.4 is 11.1 Å². The van der Waals surface area contributed by atoms with Gasteiger partial charge in [0.05, 0.1) is 0 Å². The number of guanidine groups is 1. The lowest BCUT2D eigenvalue weighted by Crippen LogP contribution is -2.36. The zero-order valence-electron chi connectivity index (χ0n) is 15.8. The number of aliphatic imine (C=N–C) groups is 1. The maximum Gasteiger partial charge on any atom is 0.193 e. The summed E-state index contributed by atoms with van der Waals surface area (Å²) in [5.74, 6) is 1.61. The molecule has 3 N–H and O–H groups in total. The predicted molar refractivity (Wildman–Crippen MR) is 113 cm³/mol. The van der Waals surface area contributed by atoms with Crippen LogP contribution in [-0.4, -0.2) is 30.5 Å². The van der Waals surface area contributed by atoms with E-state index < -0.39 is 0 Å². The topological polar surface area (TPSA) is 53.6 Å². The number of nitrogens with one attached hydrogen (secondary N) is 1. The zero-order chi connectivity index (χ0) is 18.4.